The topological polar surface area (TPSA) is 0 Å². The number of rotatable bonds is 5. The lowest BCUT2D eigenvalue weighted by atomic mass is 9.45. The Morgan fingerprint density at radius 2 is 1.72 bits per heavy atom. The van der Waals surface area contributed by atoms with Gasteiger partial charge in [-0.1, -0.05) is 106 Å². The lowest BCUT2D eigenvalue weighted by molar-refractivity contribution is 0.836. The zero-order valence-electron chi connectivity index (χ0n) is 15.9. The summed E-state index contributed by atoms with van der Waals surface area (Å²) in [6, 6.07) is 8.87. The Balaban J connectivity index is 1.71. The predicted molar refractivity (Wildman–Crippen MR) is 119 cm³/mol. The van der Waals surface area contributed by atoms with Gasteiger partial charge in [0.2, 0.25) is 5.99 Å². The molecule has 0 saturated carbocycles. The van der Waals surface area contributed by atoms with Crippen LogP contribution in [-0.4, -0.2) is 12.0 Å². The van der Waals surface area contributed by atoms with Crippen LogP contribution in [0.15, 0.2) is 60.0 Å². The summed E-state index contributed by atoms with van der Waals surface area (Å²) < 4.78 is 0. The summed E-state index contributed by atoms with van der Waals surface area (Å²) in [7, 11) is 0. The van der Waals surface area contributed by atoms with Crippen LogP contribution in [0.5, 0.6) is 0 Å². The summed E-state index contributed by atoms with van der Waals surface area (Å²) in [5, 5.41) is 0. The van der Waals surface area contributed by atoms with Crippen molar-refractivity contribution < 1.29 is 0 Å². The third-order valence-electron chi connectivity index (χ3n) is 5.00. The van der Waals surface area contributed by atoms with Crippen LogP contribution in [0.1, 0.15) is 45.2 Å². The molecule has 25 heavy (non-hydrogen) atoms. The van der Waals surface area contributed by atoms with Gasteiger partial charge in [0.05, 0.1) is 0 Å². The Labute approximate surface area is 158 Å². The molecular formula is C22H28B2S. The van der Waals surface area contributed by atoms with E-state index in [1.807, 2.05) is 0 Å². The van der Waals surface area contributed by atoms with Gasteiger partial charge in [-0.25, -0.2) is 11.5 Å². The maximum Gasteiger partial charge on any atom is 0.251 e. The first kappa shape index (κ1) is 18.5. The molecule has 0 radical (unpaired) electrons. The quantitative estimate of drug-likeness (QED) is 0.526. The summed E-state index contributed by atoms with van der Waals surface area (Å²) >= 11 is 2.15. The van der Waals surface area contributed by atoms with Gasteiger partial charge in [0.25, 0.3) is 5.99 Å². The molecule has 128 valence electrons. The SMILES string of the molecule is CC(C)/C=C/c1ccc(/C=C/B2SB(C(C)C)C3CC=CC=C23)cc1. The van der Waals surface area contributed by atoms with E-state index in [2.05, 4.69) is 106 Å². The third kappa shape index (κ3) is 4.64. The molecule has 3 heteroatoms. The number of benzene rings is 1. The first-order valence-corrected chi connectivity index (χ1v) is 10.5. The van der Waals surface area contributed by atoms with Crippen LogP contribution in [0.2, 0.25) is 11.6 Å². The smallest absolute Gasteiger partial charge is 0.244 e. The summed E-state index contributed by atoms with van der Waals surface area (Å²) in [5.41, 5.74) is 4.19. The van der Waals surface area contributed by atoms with Crippen molar-refractivity contribution in [1.82, 2.24) is 0 Å². The molecule has 1 heterocycles. The van der Waals surface area contributed by atoms with E-state index in [9.17, 15) is 0 Å². The van der Waals surface area contributed by atoms with Gasteiger partial charge in [-0.3, -0.25) is 0 Å². The highest BCUT2D eigenvalue weighted by Crippen LogP contribution is 2.50. The van der Waals surface area contributed by atoms with Crippen molar-refractivity contribution in [2.24, 2.45) is 5.92 Å². The molecule has 1 aromatic rings. The third-order valence-corrected chi connectivity index (χ3v) is 6.91. The van der Waals surface area contributed by atoms with Crippen LogP contribution in [0.25, 0.3) is 12.2 Å². The van der Waals surface area contributed by atoms with E-state index in [1.54, 1.807) is 5.47 Å². The molecule has 0 nitrogen and oxygen atoms in total. The number of hydrogen-bond acceptors (Lipinski definition) is 1. The molecule has 1 atom stereocenters. The van der Waals surface area contributed by atoms with Crippen LogP contribution in [0.4, 0.5) is 0 Å². The minimum Gasteiger partial charge on any atom is -0.244 e. The van der Waals surface area contributed by atoms with Crippen LogP contribution in [0.3, 0.4) is 0 Å². The molecule has 0 N–H and O–H groups in total. The Morgan fingerprint density at radius 3 is 2.36 bits per heavy atom. The van der Waals surface area contributed by atoms with Crippen LogP contribution in [-0.2, 0) is 0 Å². The van der Waals surface area contributed by atoms with Crippen molar-refractivity contribution in [2.45, 2.75) is 45.8 Å². The van der Waals surface area contributed by atoms with Gasteiger partial charge in [-0.05, 0) is 29.3 Å². The van der Waals surface area contributed by atoms with E-state index in [0.29, 0.717) is 11.9 Å². The van der Waals surface area contributed by atoms with Crippen molar-refractivity contribution in [1.29, 1.82) is 0 Å². The highest BCUT2D eigenvalue weighted by molar-refractivity contribution is 8.47. The van der Waals surface area contributed by atoms with Crippen LogP contribution < -0.4 is 0 Å². The fraction of sp³-hybridized carbons (Fsp3) is 0.364. The highest BCUT2D eigenvalue weighted by Gasteiger charge is 2.43. The highest BCUT2D eigenvalue weighted by atomic mass is 32.2. The average Bonchev–Trinajstić information content (AvgIpc) is 2.98. The van der Waals surface area contributed by atoms with E-state index in [-0.39, 0.29) is 0 Å². The molecule has 1 saturated heterocycles. The molecule has 0 bridgehead atoms. The largest absolute Gasteiger partial charge is 0.251 e. The van der Waals surface area contributed by atoms with Gasteiger partial charge >= 0.3 is 0 Å². The summed E-state index contributed by atoms with van der Waals surface area (Å²) in [4.78, 5) is 0. The van der Waals surface area contributed by atoms with Crippen LogP contribution >= 0.6 is 11.5 Å². The lowest BCUT2D eigenvalue weighted by Gasteiger charge is -2.21. The van der Waals surface area contributed by atoms with E-state index in [4.69, 9.17) is 0 Å². The Hall–Kier alpha value is -1.34. The van der Waals surface area contributed by atoms with Gasteiger partial charge in [-0.2, -0.15) is 0 Å². The van der Waals surface area contributed by atoms with E-state index < -0.39 is 0 Å². The molecule has 1 unspecified atom stereocenters. The molecule has 1 aliphatic heterocycles. The minimum atomic E-state index is 0.530. The molecule has 0 amide bonds. The average molecular weight is 346 g/mol. The second kappa shape index (κ2) is 8.36. The first-order chi connectivity index (χ1) is 12.0. The molecule has 2 aliphatic rings. The predicted octanol–water partition coefficient (Wildman–Crippen LogP) is 6.84. The molecule has 1 aromatic carbocycles. The Bertz CT molecular complexity index is 695. The fourth-order valence-electron chi connectivity index (χ4n) is 3.63. The molecule has 0 aromatic heterocycles. The van der Waals surface area contributed by atoms with Crippen molar-refractivity contribution in [3.8, 4) is 0 Å². The van der Waals surface area contributed by atoms with Gasteiger partial charge in [-0.15, -0.1) is 0 Å². The summed E-state index contributed by atoms with van der Waals surface area (Å²) in [6.45, 7) is 9.14. The van der Waals surface area contributed by atoms with E-state index in [1.165, 1.54) is 17.5 Å². The van der Waals surface area contributed by atoms with Crippen molar-refractivity contribution in [3.63, 3.8) is 0 Å². The number of hydrogen-bond donors (Lipinski definition) is 0. The Kier molecular flexibility index (Phi) is 6.17. The number of allylic oxidation sites excluding steroid dienone is 5. The lowest BCUT2D eigenvalue weighted by Crippen LogP contribution is -2.16. The van der Waals surface area contributed by atoms with Gasteiger partial charge in [0.1, 0.15) is 0 Å². The second-order valence-corrected chi connectivity index (χ2v) is 9.16. The van der Waals surface area contributed by atoms with Crippen molar-refractivity contribution in [2.75, 3.05) is 0 Å². The maximum atomic E-state index is 2.41. The van der Waals surface area contributed by atoms with Gasteiger partial charge in [0.15, 0.2) is 0 Å². The van der Waals surface area contributed by atoms with E-state index >= 15 is 0 Å². The molecule has 1 fully saturated rings. The molecule has 3 rings (SSSR count). The Morgan fingerprint density at radius 1 is 1.04 bits per heavy atom. The second-order valence-electron chi connectivity index (χ2n) is 7.83. The first-order valence-electron chi connectivity index (χ1n) is 9.53. The van der Waals surface area contributed by atoms with Crippen LogP contribution in [0, 0.1) is 5.92 Å². The zero-order valence-corrected chi connectivity index (χ0v) is 16.7. The van der Waals surface area contributed by atoms with Crippen molar-refractivity contribution in [3.05, 3.63) is 71.1 Å². The molecule has 1 aliphatic carbocycles. The normalized spacial score (nSPS) is 20.4. The zero-order chi connectivity index (χ0) is 17.8. The minimum absolute atomic E-state index is 0.530. The van der Waals surface area contributed by atoms with E-state index in [0.717, 1.165) is 17.6 Å². The monoisotopic (exact) mass is 346 g/mol. The number of fused-ring (bicyclic) bond motifs is 1. The summed E-state index contributed by atoms with van der Waals surface area (Å²) in [5.74, 6) is 5.74. The maximum absolute atomic E-state index is 2.41. The summed E-state index contributed by atoms with van der Waals surface area (Å²) in [6.07, 6.45) is 14.9. The standard InChI is InChI=1S/C22H28B2S/c1-17(2)9-10-19-11-13-20(14-12-19)15-16-23-21-7-5-6-8-22(21)24(25-23)18(3)4/h5-7,9-18,22H,8H2,1-4H3/b10-9+,16-15+. The van der Waals surface area contributed by atoms with Gasteiger partial charge in [0, 0.05) is 0 Å². The fourth-order valence-corrected chi connectivity index (χ4v) is 5.33. The molecule has 0 spiro atoms. The molecular weight excluding hydrogens is 318 g/mol. The van der Waals surface area contributed by atoms with Crippen molar-refractivity contribution >= 4 is 35.6 Å². The van der Waals surface area contributed by atoms with Gasteiger partial charge < -0.3 is 0 Å².